The number of hydrogen-bond acceptors (Lipinski definition) is 4. The van der Waals surface area contributed by atoms with E-state index < -0.39 is 0 Å². The smallest absolute Gasteiger partial charge is 0.129 e. The van der Waals surface area contributed by atoms with Crippen molar-refractivity contribution in [3.05, 3.63) is 445 Å². The van der Waals surface area contributed by atoms with E-state index in [1.165, 1.54) is 199 Å². The first kappa shape index (κ1) is 76.8. The van der Waals surface area contributed by atoms with Gasteiger partial charge in [0.15, 0.2) is 0 Å². The average molecular weight is 1670 g/mol. The fraction of sp³-hybridized carbons (Fsp3) is 0.0656. The number of fused-ring (bicyclic) bond motifs is 12. The molecule has 0 fully saturated rings. The molecule has 0 saturated carbocycles. The number of aryl methyl sites for hydroxylation is 6. The van der Waals surface area contributed by atoms with Crippen molar-refractivity contribution < 1.29 is 0 Å². The molecule has 0 atom stereocenters. The zero-order chi connectivity index (χ0) is 86.2. The molecule has 0 radical (unpaired) electrons. The summed E-state index contributed by atoms with van der Waals surface area (Å²) in [4.78, 5) is 2.45. The third kappa shape index (κ3) is 13.4. The third-order valence-corrected chi connectivity index (χ3v) is 27.7. The second kappa shape index (κ2) is 31.1. The fourth-order valence-electron chi connectivity index (χ4n) is 21.2. The molecule has 23 aromatic rings. The van der Waals surface area contributed by atoms with Crippen molar-refractivity contribution >= 4 is 127 Å². The van der Waals surface area contributed by atoms with E-state index in [-0.39, 0.29) is 0 Å². The average Bonchev–Trinajstić information content (AvgIpc) is 1.59. The lowest BCUT2D eigenvalue weighted by Gasteiger charge is -2.30. The number of hydrogen-bond donors (Lipinski definition) is 0. The molecule has 0 bridgehead atoms. The van der Waals surface area contributed by atoms with Gasteiger partial charge in [-0.05, 0) is 332 Å². The molecule has 1 aliphatic carbocycles. The molecule has 129 heavy (non-hydrogen) atoms. The molecule has 0 saturated heterocycles. The van der Waals surface area contributed by atoms with Crippen LogP contribution in [0.5, 0.6) is 0 Å². The normalized spacial score (nSPS) is 12.4. The van der Waals surface area contributed by atoms with Crippen molar-refractivity contribution in [2.75, 3.05) is 4.90 Å². The minimum Gasteiger partial charge on any atom is -0.312 e. The maximum atomic E-state index is 5.28. The van der Waals surface area contributed by atoms with E-state index in [9.17, 15) is 0 Å². The molecule has 6 nitrogen and oxygen atoms in total. The highest BCUT2D eigenvalue weighted by atomic mass is 32.1. The van der Waals surface area contributed by atoms with Crippen molar-refractivity contribution in [2.24, 2.45) is 0 Å². The summed E-state index contributed by atoms with van der Waals surface area (Å²) >= 11 is 1.28. The predicted octanol–water partition coefficient (Wildman–Crippen LogP) is 33.4. The van der Waals surface area contributed by atoms with Crippen LogP contribution in [0.25, 0.3) is 210 Å². The van der Waals surface area contributed by atoms with Gasteiger partial charge >= 0.3 is 0 Å². The van der Waals surface area contributed by atoms with Crippen LogP contribution in [0, 0.1) is 41.5 Å². The monoisotopic (exact) mass is 1670 g/mol. The predicted molar refractivity (Wildman–Crippen MR) is 548 cm³/mol. The number of rotatable bonds is 15. The molecule has 0 unspecified atom stereocenters. The largest absolute Gasteiger partial charge is 0.312 e. The van der Waals surface area contributed by atoms with Gasteiger partial charge in [-0.2, -0.15) is 8.75 Å². The van der Waals surface area contributed by atoms with E-state index in [0.29, 0.717) is 0 Å². The van der Waals surface area contributed by atoms with Crippen LogP contribution in [0.4, 0.5) is 11.4 Å². The first-order valence-corrected chi connectivity index (χ1v) is 45.5. The van der Waals surface area contributed by atoms with Crippen LogP contribution in [0.2, 0.25) is 0 Å². The summed E-state index contributed by atoms with van der Waals surface area (Å²) in [5, 5.41) is 12.2. The van der Waals surface area contributed by atoms with Crippen molar-refractivity contribution in [1.29, 1.82) is 0 Å². The van der Waals surface area contributed by atoms with Crippen molar-refractivity contribution in [3.63, 3.8) is 0 Å². The Morgan fingerprint density at radius 2 is 0.574 bits per heavy atom. The molecular weight excluding hydrogens is 1580 g/mol. The van der Waals surface area contributed by atoms with Crippen LogP contribution < -0.4 is 4.90 Å². The number of allylic oxidation sites excluding steroid dienone is 4. The Balaban J connectivity index is 0.605. The molecule has 7 heteroatoms. The molecule has 24 rings (SSSR count). The van der Waals surface area contributed by atoms with Crippen molar-refractivity contribution in [1.82, 2.24) is 22.4 Å². The fourth-order valence-corrected chi connectivity index (χ4v) is 21.7. The summed E-state index contributed by atoms with van der Waals surface area (Å²) in [6.07, 6.45) is 6.34. The maximum absolute atomic E-state index is 5.28. The summed E-state index contributed by atoms with van der Waals surface area (Å²) in [6, 6.07) is 145. The van der Waals surface area contributed by atoms with Crippen LogP contribution in [0.3, 0.4) is 0 Å². The van der Waals surface area contributed by atoms with Crippen LogP contribution in [-0.4, -0.2) is 22.4 Å². The van der Waals surface area contributed by atoms with Crippen molar-refractivity contribution in [2.45, 2.75) is 54.4 Å². The molecule has 4 aromatic heterocycles. The lowest BCUT2D eigenvalue weighted by molar-refractivity contribution is 0.931. The molecule has 0 N–H and O–H groups in total. The first-order valence-electron chi connectivity index (χ1n) is 44.7. The number of anilines is 2. The zero-order valence-electron chi connectivity index (χ0n) is 72.6. The maximum Gasteiger partial charge on any atom is 0.129 e. The highest BCUT2D eigenvalue weighted by Crippen LogP contribution is 2.48. The quantitative estimate of drug-likeness (QED) is 0.103. The van der Waals surface area contributed by atoms with Crippen LogP contribution in [-0.2, 0) is 0 Å². The third-order valence-electron chi connectivity index (χ3n) is 27.2. The standard InChI is InChI=1S/C122H88N6S/c1-75-63-77(3)119(78(4)64-75)90-29-25-85(26-30-90)96-43-58-112-106(69-96)107-70-97(86-27-31-91(32-28-86)120-79(5)65-76(2)66-80(120)6)44-59-113(107)126(112)102-55-41-89(42-56-102)105-57-62-116(122-121(105)123-129-124-122)125(100-47-37-87(38-48-100)98-45-60-114-108(71-98)110-67-92-21-13-15-23-94(92)73-117(110)127(114)103-51-33-83(34-52-103)81-17-9-7-10-18-81)101-49-39-88(40-50-101)99-46-61-115-109(72-99)111-68-93-22-14-16-24-95(93)74-118(111)128(115)104-53-35-84(36-54-104)82-19-11-8-12-20-82/h7-39,41-49,51-74H,40,50H2,1-6H3. The Kier molecular flexibility index (Phi) is 18.5. The highest BCUT2D eigenvalue weighted by molar-refractivity contribution is 7.00. The van der Waals surface area contributed by atoms with Gasteiger partial charge < -0.3 is 18.6 Å². The zero-order valence-corrected chi connectivity index (χ0v) is 73.4. The van der Waals surface area contributed by atoms with E-state index in [0.717, 1.165) is 91.1 Å². The Morgan fingerprint density at radius 1 is 0.248 bits per heavy atom. The van der Waals surface area contributed by atoms with Gasteiger partial charge in [-0.1, -0.05) is 272 Å². The van der Waals surface area contributed by atoms with E-state index >= 15 is 0 Å². The van der Waals surface area contributed by atoms with E-state index in [4.69, 9.17) is 8.75 Å². The van der Waals surface area contributed by atoms with Gasteiger partial charge in [0, 0.05) is 66.3 Å². The molecule has 19 aromatic carbocycles. The van der Waals surface area contributed by atoms with E-state index in [1.54, 1.807) is 0 Å². The minimum absolute atomic E-state index is 0.784. The molecule has 1 aliphatic rings. The van der Waals surface area contributed by atoms with Crippen LogP contribution in [0.1, 0.15) is 51.8 Å². The molecule has 0 spiro atoms. The second-order valence-corrected chi connectivity index (χ2v) is 35.8. The van der Waals surface area contributed by atoms with Gasteiger partial charge in [0.25, 0.3) is 0 Å². The Hall–Kier alpha value is -15.8. The summed E-state index contributed by atoms with van der Waals surface area (Å²) < 4.78 is 17.8. The number of nitrogens with zero attached hydrogens (tertiary/aromatic N) is 6. The summed E-state index contributed by atoms with van der Waals surface area (Å²) in [5.74, 6) is 0. The molecule has 4 heterocycles. The summed E-state index contributed by atoms with van der Waals surface area (Å²) in [5.41, 5.74) is 44.5. The number of aromatic nitrogens is 5. The lowest BCUT2D eigenvalue weighted by Crippen LogP contribution is -2.18. The molecular formula is C122H88N6S. The molecule has 0 aliphatic heterocycles. The van der Waals surface area contributed by atoms with Gasteiger partial charge in [-0.15, -0.1) is 0 Å². The Bertz CT molecular complexity index is 8330. The van der Waals surface area contributed by atoms with Gasteiger partial charge in [-0.25, -0.2) is 0 Å². The minimum atomic E-state index is 0.784. The van der Waals surface area contributed by atoms with Crippen LogP contribution in [0.15, 0.2) is 406 Å². The SMILES string of the molecule is Cc1cc(C)c(-c2ccc(-c3ccc4c(c3)c3cc(-c5ccc(-c6c(C)cc(C)cc6C)cc5)ccc3n4-c3ccc(-c4ccc(N(C5=CC=C(c6ccc7c(c6)c6cc8ccccc8cc6n7-c6ccc(-c7ccccc7)cc6)CC5)c5ccc(-c6ccc7c(c6)c6cc8ccccc8cc6n7-c6ccc(-c7ccccc7)cc6)cc5)c5nsnc45)cc3)cc2)c(C)c1. The summed E-state index contributed by atoms with van der Waals surface area (Å²) in [7, 11) is 0. The van der Waals surface area contributed by atoms with Gasteiger partial charge in [0.05, 0.1) is 50.5 Å². The number of benzene rings is 19. The Morgan fingerprint density at radius 3 is 0.992 bits per heavy atom. The van der Waals surface area contributed by atoms with E-state index in [1.807, 2.05) is 0 Å². The van der Waals surface area contributed by atoms with Crippen LogP contribution >= 0.6 is 11.7 Å². The first-order chi connectivity index (χ1) is 63.4. The second-order valence-electron chi connectivity index (χ2n) is 35.3. The van der Waals surface area contributed by atoms with E-state index in [2.05, 4.69) is 461 Å². The lowest BCUT2D eigenvalue weighted by atomic mass is 9.92. The molecule has 0 amide bonds. The molecule has 612 valence electrons. The van der Waals surface area contributed by atoms with Crippen molar-refractivity contribution in [3.8, 4) is 106 Å². The van der Waals surface area contributed by atoms with Gasteiger partial charge in [-0.3, -0.25) is 0 Å². The topological polar surface area (TPSA) is 43.8 Å². The highest BCUT2D eigenvalue weighted by Gasteiger charge is 2.27. The van der Waals surface area contributed by atoms with Gasteiger partial charge in [0.1, 0.15) is 11.0 Å². The Labute approximate surface area is 754 Å². The summed E-state index contributed by atoms with van der Waals surface area (Å²) in [6.45, 7) is 13.3. The van der Waals surface area contributed by atoms with Gasteiger partial charge in [0.2, 0.25) is 0 Å².